The summed E-state index contributed by atoms with van der Waals surface area (Å²) in [6.07, 6.45) is 1.84. The summed E-state index contributed by atoms with van der Waals surface area (Å²) in [5.74, 6) is -1.60. The highest BCUT2D eigenvalue weighted by Crippen LogP contribution is 2.17. The first-order valence-corrected chi connectivity index (χ1v) is 12.2. The highest BCUT2D eigenvalue weighted by molar-refractivity contribution is 7.89. The molecule has 1 amide bonds. The van der Waals surface area contributed by atoms with Gasteiger partial charge in [0, 0.05) is 17.3 Å². The molecule has 3 rings (SSSR count). The van der Waals surface area contributed by atoms with Gasteiger partial charge in [0.1, 0.15) is 6.04 Å². The number of carbonyl (C=O) groups excluding carboxylic acids is 1. The molecule has 1 heterocycles. The number of hydrogen-bond donors (Lipinski definition) is 3. The molecule has 2 aromatic carbocycles. The number of carbonyl (C=O) groups is 2. The minimum atomic E-state index is -4.04. The molecule has 1 unspecified atom stereocenters. The normalized spacial score (nSPS) is 17.3. The molecule has 3 N–H and O–H groups in total. The smallest absolute Gasteiger partial charge is 0.307 e. The molecule has 2 atom stereocenters. The Kier molecular flexibility index (Phi) is 8.81. The molecule has 0 saturated carbocycles. The first-order valence-electron chi connectivity index (χ1n) is 10.4. The molecule has 1 saturated heterocycles. The summed E-state index contributed by atoms with van der Waals surface area (Å²) in [4.78, 5) is 23.7. The minimum Gasteiger partial charge on any atom is -0.481 e. The molecule has 11 heteroatoms. The zero-order chi connectivity index (χ0) is 23.8. The highest BCUT2D eigenvalue weighted by atomic mass is 35.5. The number of nitrogens with one attached hydrogen (secondary N) is 2. The Hall–Kier alpha value is -2.50. The molecular formula is C22H25ClN2O7S. The summed E-state index contributed by atoms with van der Waals surface area (Å²) in [5.41, 5.74) is 0.956. The molecule has 0 bridgehead atoms. The quantitative estimate of drug-likeness (QED) is 0.461. The lowest BCUT2D eigenvalue weighted by Gasteiger charge is -2.25. The van der Waals surface area contributed by atoms with Crippen LogP contribution >= 0.6 is 11.6 Å². The van der Waals surface area contributed by atoms with Crippen molar-refractivity contribution in [3.8, 4) is 0 Å². The summed E-state index contributed by atoms with van der Waals surface area (Å²) in [7, 11) is -4.04. The van der Waals surface area contributed by atoms with Gasteiger partial charge in [0.05, 0.1) is 17.9 Å². The second-order valence-corrected chi connectivity index (χ2v) is 9.66. The predicted molar refractivity (Wildman–Crippen MR) is 122 cm³/mol. The van der Waals surface area contributed by atoms with Crippen LogP contribution in [0, 0.1) is 0 Å². The number of sulfonamides is 1. The van der Waals surface area contributed by atoms with Crippen molar-refractivity contribution in [1.82, 2.24) is 4.72 Å². The number of rotatable bonds is 10. The van der Waals surface area contributed by atoms with E-state index in [-0.39, 0.29) is 17.9 Å². The van der Waals surface area contributed by atoms with Gasteiger partial charge in [-0.15, -0.1) is 0 Å². The first-order chi connectivity index (χ1) is 15.7. The van der Waals surface area contributed by atoms with Crippen molar-refractivity contribution in [3.05, 3.63) is 59.1 Å². The number of amides is 1. The van der Waals surface area contributed by atoms with Crippen LogP contribution in [-0.4, -0.2) is 50.9 Å². The van der Waals surface area contributed by atoms with Gasteiger partial charge in [0.2, 0.25) is 15.9 Å². The van der Waals surface area contributed by atoms with Crippen LogP contribution in [0.1, 0.15) is 24.8 Å². The molecular weight excluding hydrogens is 472 g/mol. The van der Waals surface area contributed by atoms with E-state index < -0.39 is 34.2 Å². The maximum absolute atomic E-state index is 12.9. The van der Waals surface area contributed by atoms with Crippen molar-refractivity contribution in [1.29, 1.82) is 0 Å². The van der Waals surface area contributed by atoms with Crippen LogP contribution in [0.5, 0.6) is 0 Å². The Labute approximate surface area is 197 Å². The standard InChI is InChI=1S/C22H25ClN2O7S/c23-16-6-10-18(11-7-16)33(29,30)25-19(14-32-21-3-1-2-12-31-21)22(28)24-17-8-4-15(5-9-17)13-20(26)27/h4-11,19,21,25H,1-3,12-14H2,(H,24,28)(H,26,27)/t19-,21?/m0/s1. The van der Waals surface area contributed by atoms with E-state index in [9.17, 15) is 18.0 Å². The van der Waals surface area contributed by atoms with Crippen LogP contribution in [0.2, 0.25) is 5.02 Å². The molecule has 33 heavy (non-hydrogen) atoms. The zero-order valence-corrected chi connectivity index (χ0v) is 19.3. The van der Waals surface area contributed by atoms with Gasteiger partial charge < -0.3 is 19.9 Å². The second kappa shape index (κ2) is 11.6. The zero-order valence-electron chi connectivity index (χ0n) is 17.7. The molecule has 9 nitrogen and oxygen atoms in total. The maximum atomic E-state index is 12.9. The van der Waals surface area contributed by atoms with Gasteiger partial charge in [-0.3, -0.25) is 9.59 Å². The average molecular weight is 497 g/mol. The minimum absolute atomic E-state index is 0.0448. The molecule has 1 fully saturated rings. The van der Waals surface area contributed by atoms with E-state index >= 15 is 0 Å². The van der Waals surface area contributed by atoms with Crippen molar-refractivity contribution in [2.75, 3.05) is 18.5 Å². The van der Waals surface area contributed by atoms with Crippen molar-refractivity contribution < 1.29 is 32.6 Å². The topological polar surface area (TPSA) is 131 Å². The Morgan fingerprint density at radius 2 is 1.82 bits per heavy atom. The number of benzene rings is 2. The third kappa shape index (κ3) is 7.79. The SMILES string of the molecule is O=C(O)Cc1ccc(NC(=O)[C@H](COC2CCCCO2)NS(=O)(=O)c2ccc(Cl)cc2)cc1. The fraction of sp³-hybridized carbons (Fsp3) is 0.364. The Bertz CT molecular complexity index is 1050. The lowest BCUT2D eigenvalue weighted by atomic mass is 10.1. The summed E-state index contributed by atoms with van der Waals surface area (Å²) in [5, 5.41) is 11.9. The summed E-state index contributed by atoms with van der Waals surface area (Å²) >= 11 is 5.84. The van der Waals surface area contributed by atoms with Crippen LogP contribution in [-0.2, 0) is 35.5 Å². The highest BCUT2D eigenvalue weighted by Gasteiger charge is 2.28. The number of hydrogen-bond acceptors (Lipinski definition) is 6. The summed E-state index contributed by atoms with van der Waals surface area (Å²) < 4.78 is 39.2. The number of halogens is 1. The molecule has 1 aliphatic rings. The number of aliphatic carboxylic acids is 1. The third-order valence-electron chi connectivity index (χ3n) is 4.90. The van der Waals surface area contributed by atoms with Crippen molar-refractivity contribution in [3.63, 3.8) is 0 Å². The second-order valence-electron chi connectivity index (χ2n) is 7.51. The van der Waals surface area contributed by atoms with E-state index in [4.69, 9.17) is 26.2 Å². The number of ether oxygens (including phenoxy) is 2. The van der Waals surface area contributed by atoms with E-state index in [0.29, 0.717) is 29.3 Å². The van der Waals surface area contributed by atoms with Crippen LogP contribution in [0.3, 0.4) is 0 Å². The lowest BCUT2D eigenvalue weighted by molar-refractivity contribution is -0.166. The molecule has 2 aromatic rings. The molecule has 0 radical (unpaired) electrons. The molecule has 1 aliphatic heterocycles. The van der Waals surface area contributed by atoms with Gasteiger partial charge in [-0.25, -0.2) is 8.42 Å². The molecule has 0 aromatic heterocycles. The van der Waals surface area contributed by atoms with Crippen LogP contribution in [0.25, 0.3) is 0 Å². The monoisotopic (exact) mass is 496 g/mol. The van der Waals surface area contributed by atoms with Gasteiger partial charge in [0.15, 0.2) is 6.29 Å². The Morgan fingerprint density at radius 1 is 1.12 bits per heavy atom. The fourth-order valence-corrected chi connectivity index (χ4v) is 4.49. The van der Waals surface area contributed by atoms with Crippen LogP contribution in [0.15, 0.2) is 53.4 Å². The van der Waals surface area contributed by atoms with E-state index in [1.165, 1.54) is 24.3 Å². The lowest BCUT2D eigenvalue weighted by Crippen LogP contribution is -2.47. The van der Waals surface area contributed by atoms with Gasteiger partial charge in [0.25, 0.3) is 0 Å². The van der Waals surface area contributed by atoms with Crippen molar-refractivity contribution >= 4 is 39.2 Å². The van der Waals surface area contributed by atoms with Gasteiger partial charge in [-0.2, -0.15) is 4.72 Å². The maximum Gasteiger partial charge on any atom is 0.307 e. The molecule has 178 valence electrons. The Balaban J connectivity index is 1.72. The van der Waals surface area contributed by atoms with Crippen molar-refractivity contribution in [2.45, 2.75) is 42.9 Å². The molecule has 0 aliphatic carbocycles. The fourth-order valence-electron chi connectivity index (χ4n) is 3.19. The van der Waals surface area contributed by atoms with E-state index in [1.807, 2.05) is 0 Å². The van der Waals surface area contributed by atoms with E-state index in [2.05, 4.69) is 10.0 Å². The predicted octanol–water partition coefficient (Wildman–Crippen LogP) is 2.80. The van der Waals surface area contributed by atoms with Gasteiger partial charge in [-0.05, 0) is 61.2 Å². The largest absolute Gasteiger partial charge is 0.481 e. The van der Waals surface area contributed by atoms with Crippen LogP contribution < -0.4 is 10.0 Å². The number of carboxylic acid groups (broad SMARTS) is 1. The van der Waals surface area contributed by atoms with E-state index in [1.54, 1.807) is 24.3 Å². The number of carboxylic acids is 1. The third-order valence-corrected chi connectivity index (χ3v) is 6.64. The van der Waals surface area contributed by atoms with E-state index in [0.717, 1.165) is 12.8 Å². The van der Waals surface area contributed by atoms with Crippen LogP contribution in [0.4, 0.5) is 5.69 Å². The molecule has 0 spiro atoms. The first kappa shape index (κ1) is 25.1. The number of anilines is 1. The van der Waals surface area contributed by atoms with Crippen molar-refractivity contribution in [2.24, 2.45) is 0 Å². The Morgan fingerprint density at radius 3 is 2.42 bits per heavy atom. The summed E-state index contributed by atoms with van der Waals surface area (Å²) in [6, 6.07) is 10.6. The van der Waals surface area contributed by atoms with Gasteiger partial charge in [-0.1, -0.05) is 23.7 Å². The average Bonchev–Trinajstić information content (AvgIpc) is 2.78. The van der Waals surface area contributed by atoms with Gasteiger partial charge >= 0.3 is 5.97 Å². The summed E-state index contributed by atoms with van der Waals surface area (Å²) in [6.45, 7) is 0.307.